The Hall–Kier alpha value is -1.76. The van der Waals surface area contributed by atoms with Gasteiger partial charge in [-0.2, -0.15) is 18.3 Å². The number of nitrogens with zero attached hydrogens (tertiary/aromatic N) is 3. The lowest BCUT2D eigenvalue weighted by Gasteiger charge is -2.10. The number of aryl methyl sites for hydroxylation is 1. The molecule has 0 saturated heterocycles. The normalized spacial score (nSPS) is 11.6. The number of alkyl halides is 3. The van der Waals surface area contributed by atoms with E-state index < -0.39 is 11.7 Å². The first kappa shape index (κ1) is 14.6. The second kappa shape index (κ2) is 6.13. The van der Waals surface area contributed by atoms with Crippen molar-refractivity contribution < 1.29 is 13.2 Å². The monoisotopic (exact) mass is 304 g/mol. The molecule has 0 bridgehead atoms. The summed E-state index contributed by atoms with van der Waals surface area (Å²) in [6.07, 6.45) is 0.600. The largest absolute Gasteiger partial charge is 0.417 e. The third kappa shape index (κ3) is 3.86. The van der Waals surface area contributed by atoms with E-state index in [1.54, 1.807) is 10.9 Å². The highest BCUT2D eigenvalue weighted by atomic mass is 35.5. The van der Waals surface area contributed by atoms with Crippen LogP contribution < -0.4 is 5.32 Å². The van der Waals surface area contributed by atoms with Crippen molar-refractivity contribution in [2.24, 2.45) is 0 Å². The number of aromatic nitrogens is 3. The topological polar surface area (TPSA) is 42.7 Å². The van der Waals surface area contributed by atoms with Crippen LogP contribution in [-0.4, -0.2) is 21.3 Å². The maximum absolute atomic E-state index is 12.4. The number of hydrogen-bond acceptors (Lipinski definition) is 3. The van der Waals surface area contributed by atoms with E-state index in [4.69, 9.17) is 11.6 Å². The average Bonchev–Trinajstić information content (AvgIpc) is 2.88. The second-order valence-electron chi connectivity index (χ2n) is 4.10. The van der Waals surface area contributed by atoms with Crippen LogP contribution in [0.2, 0.25) is 5.02 Å². The standard InChI is InChI=1S/C12H12ClF3N4/c13-10-7-9(12(14,15)16)8-18-11(10)17-3-1-5-20-6-2-4-19-20/h2,4,6-8H,1,3,5H2,(H,17,18). The fourth-order valence-corrected chi connectivity index (χ4v) is 1.84. The van der Waals surface area contributed by atoms with Crippen LogP contribution in [0, 0.1) is 0 Å². The summed E-state index contributed by atoms with van der Waals surface area (Å²) in [5.41, 5.74) is -0.857. The molecule has 2 aromatic rings. The summed E-state index contributed by atoms with van der Waals surface area (Å²) in [6.45, 7) is 1.25. The zero-order chi connectivity index (χ0) is 14.6. The highest BCUT2D eigenvalue weighted by molar-refractivity contribution is 6.32. The summed E-state index contributed by atoms with van der Waals surface area (Å²) < 4.78 is 39.1. The molecular weight excluding hydrogens is 293 g/mol. The molecule has 0 amide bonds. The Labute approximate surface area is 118 Å². The van der Waals surface area contributed by atoms with Crippen LogP contribution in [-0.2, 0) is 12.7 Å². The number of anilines is 1. The van der Waals surface area contributed by atoms with Gasteiger partial charge in [0.2, 0.25) is 0 Å². The average molecular weight is 305 g/mol. The van der Waals surface area contributed by atoms with E-state index in [0.717, 1.165) is 18.7 Å². The zero-order valence-electron chi connectivity index (χ0n) is 10.4. The lowest BCUT2D eigenvalue weighted by Crippen LogP contribution is -2.10. The third-order valence-corrected chi connectivity index (χ3v) is 2.87. The van der Waals surface area contributed by atoms with Crippen LogP contribution in [0.3, 0.4) is 0 Å². The molecule has 0 fully saturated rings. The summed E-state index contributed by atoms with van der Waals surface area (Å²) in [7, 11) is 0. The molecule has 0 aliphatic heterocycles. The smallest absolute Gasteiger partial charge is 0.369 e. The maximum atomic E-state index is 12.4. The summed E-state index contributed by atoms with van der Waals surface area (Å²) in [4.78, 5) is 3.69. The highest BCUT2D eigenvalue weighted by Gasteiger charge is 2.31. The van der Waals surface area contributed by atoms with Crippen molar-refractivity contribution in [2.45, 2.75) is 19.1 Å². The van der Waals surface area contributed by atoms with E-state index in [2.05, 4.69) is 15.4 Å². The molecule has 8 heteroatoms. The van der Waals surface area contributed by atoms with Crippen LogP contribution in [0.5, 0.6) is 0 Å². The Balaban J connectivity index is 1.87. The lowest BCUT2D eigenvalue weighted by molar-refractivity contribution is -0.137. The molecule has 0 aliphatic carbocycles. The van der Waals surface area contributed by atoms with E-state index in [1.807, 2.05) is 12.3 Å². The maximum Gasteiger partial charge on any atom is 0.417 e. The van der Waals surface area contributed by atoms with Crippen molar-refractivity contribution >= 4 is 17.4 Å². The van der Waals surface area contributed by atoms with Gasteiger partial charge in [0.25, 0.3) is 0 Å². The van der Waals surface area contributed by atoms with Gasteiger partial charge in [0.1, 0.15) is 5.82 Å². The molecule has 0 atom stereocenters. The van der Waals surface area contributed by atoms with E-state index in [-0.39, 0.29) is 10.8 Å². The molecule has 2 rings (SSSR count). The predicted molar refractivity (Wildman–Crippen MR) is 69.6 cm³/mol. The van der Waals surface area contributed by atoms with E-state index >= 15 is 0 Å². The third-order valence-electron chi connectivity index (χ3n) is 2.58. The minimum absolute atomic E-state index is 0.0427. The number of pyridine rings is 1. The molecule has 1 N–H and O–H groups in total. The van der Waals surface area contributed by atoms with Crippen LogP contribution >= 0.6 is 11.6 Å². The van der Waals surface area contributed by atoms with Crippen LogP contribution in [0.15, 0.2) is 30.7 Å². The molecule has 0 radical (unpaired) electrons. The fourth-order valence-electron chi connectivity index (χ4n) is 1.60. The van der Waals surface area contributed by atoms with Gasteiger partial charge in [0.15, 0.2) is 0 Å². The Morgan fingerprint density at radius 1 is 1.35 bits per heavy atom. The van der Waals surface area contributed by atoms with Gasteiger partial charge in [-0.05, 0) is 18.6 Å². The first-order valence-electron chi connectivity index (χ1n) is 5.91. The van der Waals surface area contributed by atoms with Gasteiger partial charge in [0, 0.05) is 31.7 Å². The molecule has 0 unspecified atom stereocenters. The summed E-state index contributed by atoms with van der Waals surface area (Å²) in [5, 5.41) is 6.90. The summed E-state index contributed by atoms with van der Waals surface area (Å²) in [6, 6.07) is 2.69. The molecular formula is C12H12ClF3N4. The first-order chi connectivity index (χ1) is 9.47. The molecule has 2 aromatic heterocycles. The van der Waals surface area contributed by atoms with Gasteiger partial charge >= 0.3 is 6.18 Å². The van der Waals surface area contributed by atoms with E-state index in [1.165, 1.54) is 0 Å². The summed E-state index contributed by atoms with van der Waals surface area (Å²) in [5.74, 6) is 0.250. The minimum Gasteiger partial charge on any atom is -0.369 e. The van der Waals surface area contributed by atoms with Gasteiger partial charge in [0.05, 0.1) is 10.6 Å². The minimum atomic E-state index is -4.44. The lowest BCUT2D eigenvalue weighted by atomic mass is 10.2. The molecule has 108 valence electrons. The number of rotatable bonds is 5. The van der Waals surface area contributed by atoms with Crippen molar-refractivity contribution in [3.8, 4) is 0 Å². The molecule has 0 spiro atoms. The Morgan fingerprint density at radius 3 is 2.75 bits per heavy atom. The predicted octanol–water partition coefficient (Wildman–Crippen LogP) is 3.45. The Morgan fingerprint density at radius 2 is 2.15 bits per heavy atom. The zero-order valence-corrected chi connectivity index (χ0v) is 11.1. The highest BCUT2D eigenvalue weighted by Crippen LogP contribution is 2.32. The molecule has 4 nitrogen and oxygen atoms in total. The van der Waals surface area contributed by atoms with Crippen molar-refractivity contribution in [3.63, 3.8) is 0 Å². The van der Waals surface area contributed by atoms with Crippen molar-refractivity contribution in [1.82, 2.24) is 14.8 Å². The SMILES string of the molecule is FC(F)(F)c1cnc(NCCCn2cccn2)c(Cl)c1. The molecule has 0 aromatic carbocycles. The molecule has 0 aliphatic rings. The van der Waals surface area contributed by atoms with Gasteiger partial charge in [-0.15, -0.1) is 0 Å². The number of nitrogens with one attached hydrogen (secondary N) is 1. The summed E-state index contributed by atoms with van der Waals surface area (Å²) >= 11 is 5.77. The van der Waals surface area contributed by atoms with Crippen molar-refractivity contribution in [3.05, 3.63) is 41.3 Å². The fraction of sp³-hybridized carbons (Fsp3) is 0.333. The van der Waals surface area contributed by atoms with Gasteiger partial charge in [-0.3, -0.25) is 4.68 Å². The van der Waals surface area contributed by atoms with Crippen LogP contribution in [0.1, 0.15) is 12.0 Å². The van der Waals surface area contributed by atoms with E-state index in [0.29, 0.717) is 13.1 Å². The van der Waals surface area contributed by atoms with Crippen molar-refractivity contribution in [1.29, 1.82) is 0 Å². The van der Waals surface area contributed by atoms with Crippen LogP contribution in [0.25, 0.3) is 0 Å². The number of hydrogen-bond donors (Lipinski definition) is 1. The van der Waals surface area contributed by atoms with E-state index in [9.17, 15) is 13.2 Å². The second-order valence-corrected chi connectivity index (χ2v) is 4.51. The van der Waals surface area contributed by atoms with Gasteiger partial charge < -0.3 is 5.32 Å². The molecule has 0 saturated carbocycles. The quantitative estimate of drug-likeness (QED) is 0.860. The molecule has 20 heavy (non-hydrogen) atoms. The molecule has 2 heterocycles. The Bertz CT molecular complexity index is 554. The van der Waals surface area contributed by atoms with Crippen LogP contribution in [0.4, 0.5) is 19.0 Å². The van der Waals surface area contributed by atoms with Gasteiger partial charge in [-0.1, -0.05) is 11.6 Å². The Kier molecular flexibility index (Phi) is 4.49. The first-order valence-corrected chi connectivity index (χ1v) is 6.28. The van der Waals surface area contributed by atoms with Gasteiger partial charge in [-0.25, -0.2) is 4.98 Å². The van der Waals surface area contributed by atoms with Crippen molar-refractivity contribution in [2.75, 3.05) is 11.9 Å². The number of halogens is 4.